The van der Waals surface area contributed by atoms with E-state index in [0.717, 1.165) is 25.0 Å². The van der Waals surface area contributed by atoms with Crippen molar-refractivity contribution >= 4 is 17.2 Å². The molecule has 1 atom stereocenters. The summed E-state index contributed by atoms with van der Waals surface area (Å²) in [5.74, 6) is 0.145. The van der Waals surface area contributed by atoms with E-state index in [1.807, 2.05) is 12.4 Å². The van der Waals surface area contributed by atoms with Crippen molar-refractivity contribution in [3.63, 3.8) is 0 Å². The first-order valence-electron chi connectivity index (χ1n) is 7.04. The second-order valence-electron chi connectivity index (χ2n) is 5.17. The Morgan fingerprint density at radius 1 is 1.53 bits per heavy atom. The lowest BCUT2D eigenvalue weighted by Crippen LogP contribution is -2.34. The van der Waals surface area contributed by atoms with Crippen molar-refractivity contribution in [2.45, 2.75) is 58.4 Å². The Labute approximate surface area is 119 Å². The second kappa shape index (κ2) is 6.85. The summed E-state index contributed by atoms with van der Waals surface area (Å²) < 4.78 is 0. The number of hydrogen-bond donors (Lipinski definition) is 1. The quantitative estimate of drug-likeness (QED) is 0.839. The summed E-state index contributed by atoms with van der Waals surface area (Å²) >= 11 is 1.64. The molecule has 2 rings (SSSR count). The summed E-state index contributed by atoms with van der Waals surface area (Å²) in [7, 11) is 0. The normalized spacial score (nSPS) is 16.8. The molecule has 0 radical (unpaired) electrons. The van der Waals surface area contributed by atoms with Gasteiger partial charge in [0.25, 0.3) is 0 Å². The zero-order chi connectivity index (χ0) is 13.7. The Bertz CT molecular complexity index is 464. The Morgan fingerprint density at radius 3 is 3.00 bits per heavy atom. The number of rotatable bonds is 5. The minimum atomic E-state index is 0.145. The van der Waals surface area contributed by atoms with E-state index in [0.29, 0.717) is 6.42 Å². The van der Waals surface area contributed by atoms with Crippen molar-refractivity contribution in [1.82, 2.24) is 10.3 Å². The van der Waals surface area contributed by atoms with Crippen LogP contribution in [0.5, 0.6) is 0 Å². The van der Waals surface area contributed by atoms with E-state index in [-0.39, 0.29) is 11.9 Å². The molecule has 0 saturated heterocycles. The van der Waals surface area contributed by atoms with Crippen LogP contribution in [0.1, 0.15) is 49.6 Å². The number of hydrogen-bond acceptors (Lipinski definition) is 3. The molecule has 0 fully saturated rings. The molecule has 1 heterocycles. The third kappa shape index (κ3) is 4.16. The van der Waals surface area contributed by atoms with Crippen LogP contribution in [-0.2, 0) is 11.2 Å². The van der Waals surface area contributed by atoms with Crippen LogP contribution >= 0.6 is 11.3 Å². The minimum absolute atomic E-state index is 0.145. The van der Waals surface area contributed by atoms with Gasteiger partial charge >= 0.3 is 0 Å². The SMILES string of the molecule is Cc1ncsc1CCC(=O)N[C@H](C)C1=CCCCC1. The van der Waals surface area contributed by atoms with Crippen molar-refractivity contribution in [2.75, 3.05) is 0 Å². The molecule has 0 bridgehead atoms. The molecular formula is C15H22N2OS. The van der Waals surface area contributed by atoms with Gasteiger partial charge in [0.15, 0.2) is 0 Å². The molecule has 0 spiro atoms. The molecule has 1 aromatic heterocycles. The Morgan fingerprint density at radius 2 is 2.37 bits per heavy atom. The van der Waals surface area contributed by atoms with Gasteiger partial charge in [0, 0.05) is 17.3 Å². The van der Waals surface area contributed by atoms with Crippen LogP contribution in [0, 0.1) is 6.92 Å². The van der Waals surface area contributed by atoms with Gasteiger partial charge in [-0.2, -0.15) is 0 Å². The molecule has 0 aliphatic heterocycles. The highest BCUT2D eigenvalue weighted by atomic mass is 32.1. The highest BCUT2D eigenvalue weighted by molar-refractivity contribution is 7.09. The molecule has 104 valence electrons. The van der Waals surface area contributed by atoms with E-state index in [9.17, 15) is 4.79 Å². The maximum atomic E-state index is 11.9. The summed E-state index contributed by atoms with van der Waals surface area (Å²) in [5.41, 5.74) is 4.30. The Hall–Kier alpha value is -1.16. The molecule has 1 aliphatic rings. The molecule has 19 heavy (non-hydrogen) atoms. The van der Waals surface area contributed by atoms with E-state index in [4.69, 9.17) is 0 Å². The van der Waals surface area contributed by atoms with Gasteiger partial charge < -0.3 is 5.32 Å². The topological polar surface area (TPSA) is 42.0 Å². The molecule has 0 saturated carbocycles. The third-order valence-corrected chi connectivity index (χ3v) is 4.68. The van der Waals surface area contributed by atoms with Crippen molar-refractivity contribution in [3.8, 4) is 0 Å². The zero-order valence-electron chi connectivity index (χ0n) is 11.7. The zero-order valence-corrected chi connectivity index (χ0v) is 12.6. The first-order chi connectivity index (χ1) is 9.16. The first-order valence-corrected chi connectivity index (χ1v) is 7.92. The fourth-order valence-electron chi connectivity index (χ4n) is 2.46. The van der Waals surface area contributed by atoms with Crippen LogP contribution in [0.15, 0.2) is 17.2 Å². The molecule has 1 aromatic rings. The van der Waals surface area contributed by atoms with Crippen molar-refractivity contribution in [2.24, 2.45) is 0 Å². The van der Waals surface area contributed by atoms with E-state index >= 15 is 0 Å². The number of carbonyl (C=O) groups excluding carboxylic acids is 1. The van der Waals surface area contributed by atoms with E-state index in [2.05, 4.69) is 23.3 Å². The second-order valence-corrected chi connectivity index (χ2v) is 6.11. The predicted octanol–water partition coefficient (Wildman–Crippen LogP) is 3.39. The molecule has 1 amide bonds. The average molecular weight is 278 g/mol. The summed E-state index contributed by atoms with van der Waals surface area (Å²) in [6.45, 7) is 4.09. The summed E-state index contributed by atoms with van der Waals surface area (Å²) in [6, 6.07) is 0.190. The number of thiazole rings is 1. The van der Waals surface area contributed by atoms with Crippen LogP contribution in [0.25, 0.3) is 0 Å². The van der Waals surface area contributed by atoms with Crippen LogP contribution < -0.4 is 5.32 Å². The fourth-order valence-corrected chi connectivity index (χ4v) is 3.24. The average Bonchev–Trinajstić information content (AvgIpc) is 2.83. The van der Waals surface area contributed by atoms with E-state index in [1.165, 1.54) is 23.3 Å². The standard InChI is InChI=1S/C15H22N2OS/c1-11(13-6-4-3-5-7-13)17-15(18)9-8-14-12(2)16-10-19-14/h6,10-11H,3-5,7-9H2,1-2H3,(H,17,18)/t11-/m1/s1. The van der Waals surface area contributed by atoms with Crippen LogP contribution in [-0.4, -0.2) is 16.9 Å². The molecule has 1 N–H and O–H groups in total. The molecule has 0 aromatic carbocycles. The van der Waals surface area contributed by atoms with Crippen molar-refractivity contribution in [1.29, 1.82) is 0 Å². The van der Waals surface area contributed by atoms with Gasteiger partial charge in [-0.25, -0.2) is 4.98 Å². The molecule has 4 heteroatoms. The maximum Gasteiger partial charge on any atom is 0.220 e. The van der Waals surface area contributed by atoms with Gasteiger partial charge in [0.2, 0.25) is 5.91 Å². The van der Waals surface area contributed by atoms with Gasteiger partial charge in [-0.3, -0.25) is 4.79 Å². The number of carbonyl (C=O) groups is 1. The van der Waals surface area contributed by atoms with Gasteiger partial charge in [-0.15, -0.1) is 11.3 Å². The van der Waals surface area contributed by atoms with E-state index in [1.54, 1.807) is 11.3 Å². The number of aryl methyl sites for hydroxylation is 2. The summed E-state index contributed by atoms with van der Waals surface area (Å²) in [6.07, 6.45) is 8.49. The number of allylic oxidation sites excluding steroid dienone is 1. The lowest BCUT2D eigenvalue weighted by molar-refractivity contribution is -0.121. The van der Waals surface area contributed by atoms with Gasteiger partial charge in [-0.1, -0.05) is 11.6 Å². The molecule has 0 unspecified atom stereocenters. The van der Waals surface area contributed by atoms with Crippen LogP contribution in [0.4, 0.5) is 0 Å². The van der Waals surface area contributed by atoms with Crippen LogP contribution in [0.3, 0.4) is 0 Å². The Kier molecular flexibility index (Phi) is 5.14. The van der Waals surface area contributed by atoms with Gasteiger partial charge in [-0.05, 0) is 46.0 Å². The van der Waals surface area contributed by atoms with Crippen LogP contribution in [0.2, 0.25) is 0 Å². The third-order valence-electron chi connectivity index (χ3n) is 3.68. The first kappa shape index (κ1) is 14.3. The van der Waals surface area contributed by atoms with Crippen molar-refractivity contribution in [3.05, 3.63) is 27.7 Å². The number of aromatic nitrogens is 1. The molecule has 1 aliphatic carbocycles. The lowest BCUT2D eigenvalue weighted by atomic mass is 9.94. The smallest absolute Gasteiger partial charge is 0.220 e. The number of nitrogens with zero attached hydrogens (tertiary/aromatic N) is 1. The largest absolute Gasteiger partial charge is 0.350 e. The minimum Gasteiger partial charge on any atom is -0.350 e. The van der Waals surface area contributed by atoms with E-state index < -0.39 is 0 Å². The fraction of sp³-hybridized carbons (Fsp3) is 0.600. The monoisotopic (exact) mass is 278 g/mol. The molecule has 3 nitrogen and oxygen atoms in total. The predicted molar refractivity (Wildman–Crippen MR) is 79.3 cm³/mol. The van der Waals surface area contributed by atoms with Gasteiger partial charge in [0.05, 0.1) is 11.2 Å². The highest BCUT2D eigenvalue weighted by Gasteiger charge is 2.14. The maximum absolute atomic E-state index is 11.9. The highest BCUT2D eigenvalue weighted by Crippen LogP contribution is 2.20. The number of amides is 1. The van der Waals surface area contributed by atoms with Crippen molar-refractivity contribution < 1.29 is 4.79 Å². The summed E-state index contributed by atoms with van der Waals surface area (Å²) in [4.78, 5) is 17.4. The Balaban J connectivity index is 1.78. The van der Waals surface area contributed by atoms with Gasteiger partial charge in [0.1, 0.15) is 0 Å². The molecular weight excluding hydrogens is 256 g/mol. The lowest BCUT2D eigenvalue weighted by Gasteiger charge is -2.20. The number of nitrogens with one attached hydrogen (secondary N) is 1. The summed E-state index contributed by atoms with van der Waals surface area (Å²) in [5, 5.41) is 3.11.